The van der Waals surface area contributed by atoms with E-state index in [0.29, 0.717) is 38.4 Å². The molecule has 0 aliphatic carbocycles. The molecule has 0 unspecified atom stereocenters. The highest BCUT2D eigenvalue weighted by Crippen LogP contribution is 2.45. The van der Waals surface area contributed by atoms with Gasteiger partial charge in [0, 0.05) is 45.0 Å². The third kappa shape index (κ3) is 7.74. The minimum atomic E-state index is -1.60. The molecule has 1 aromatic rings. The summed E-state index contributed by atoms with van der Waals surface area (Å²) in [4.78, 5) is 74.5. The molecule has 16 heteroatoms. The number of likely N-dealkylation sites (N-methyl/N-ethyl adjacent to an activating group) is 1. The van der Waals surface area contributed by atoms with Crippen molar-refractivity contribution >= 4 is 41.1 Å². The molecule has 5 aliphatic rings. The summed E-state index contributed by atoms with van der Waals surface area (Å²) in [5.41, 5.74) is -2.42. The van der Waals surface area contributed by atoms with Crippen LogP contribution in [0, 0.1) is 29.5 Å². The highest BCUT2D eigenvalue weighted by molar-refractivity contribution is 6.00. The van der Waals surface area contributed by atoms with Crippen molar-refractivity contribution in [3.63, 3.8) is 0 Å². The molecule has 0 radical (unpaired) electrons. The smallest absolute Gasteiger partial charge is 0.415 e. The lowest BCUT2D eigenvalue weighted by Crippen LogP contribution is -2.59. The zero-order valence-electron chi connectivity index (χ0n) is 34.7. The lowest BCUT2D eigenvalue weighted by atomic mass is 9.73. The Morgan fingerprint density at radius 2 is 1.61 bits per heavy atom. The Labute approximate surface area is 333 Å². The quantitative estimate of drug-likeness (QED) is 0.217. The first-order valence-electron chi connectivity index (χ1n) is 20.1. The second-order valence-electron chi connectivity index (χ2n) is 16.8. The number of ketones is 2. The van der Waals surface area contributed by atoms with E-state index in [1.165, 1.54) is 29.9 Å². The van der Waals surface area contributed by atoms with Crippen LogP contribution in [0.25, 0.3) is 0 Å². The molecule has 316 valence electrons. The molecule has 5 saturated heterocycles. The van der Waals surface area contributed by atoms with Crippen molar-refractivity contribution in [1.82, 2.24) is 4.90 Å². The van der Waals surface area contributed by atoms with Crippen LogP contribution in [-0.4, -0.2) is 129 Å². The highest BCUT2D eigenvalue weighted by atomic mass is 19.1. The average molecular weight is 804 g/mol. The summed E-state index contributed by atoms with van der Waals surface area (Å²) in [6.07, 6.45) is -5.08. The number of carbonyl (C=O) groups is 5. The normalized spacial score (nSPS) is 39.6. The number of morpholine rings is 1. The number of Topliss-reactive ketones (excluding diaryl/α,β-unsaturated/α-hetero) is 2. The van der Waals surface area contributed by atoms with Crippen LogP contribution in [0.2, 0.25) is 0 Å². The number of carbonyl (C=O) groups excluding carboxylic acids is 5. The molecule has 5 aliphatic heterocycles. The van der Waals surface area contributed by atoms with Crippen molar-refractivity contribution in [3.8, 4) is 0 Å². The average Bonchev–Trinajstić information content (AvgIpc) is 3.63. The van der Waals surface area contributed by atoms with Gasteiger partial charge in [0.15, 0.2) is 23.8 Å². The standard InChI is InChI=1S/C41H58FN3O12/c1-11-30-41(8)34(45(39(50)57-41)26-12-13-28(27(42)19-26)44-14-16-52-17-15-44)23(4)31(46)21(2)20-40(7,51-10)35(24(5)32(47)25(6)36(48)54-30)56-37-33-29(18-22(3)53-37)43(9)38(49)55-33/h12-13,19,21-25,29-30,33-35,37H,11,14-18,20H2,1-10H3/t21-,22-,23-,24+,25-,29+,30+,33-,34-,35-,37+,40-,41-/m1/s1. The molecule has 15 nitrogen and oxygen atoms in total. The third-order valence-electron chi connectivity index (χ3n) is 13.0. The lowest BCUT2D eigenvalue weighted by molar-refractivity contribution is -0.284. The number of hydrogen-bond acceptors (Lipinski definition) is 13. The summed E-state index contributed by atoms with van der Waals surface area (Å²) in [5, 5.41) is 0. The van der Waals surface area contributed by atoms with E-state index < -0.39 is 95.3 Å². The van der Waals surface area contributed by atoms with Crippen molar-refractivity contribution in [2.24, 2.45) is 23.7 Å². The number of methoxy groups -OCH3 is 1. The second kappa shape index (κ2) is 16.4. The van der Waals surface area contributed by atoms with Crippen LogP contribution in [-0.2, 0) is 47.5 Å². The Kier molecular flexibility index (Phi) is 12.3. The number of fused-ring (bicyclic) bond motifs is 2. The van der Waals surface area contributed by atoms with Gasteiger partial charge >= 0.3 is 18.2 Å². The van der Waals surface area contributed by atoms with E-state index in [1.54, 1.807) is 60.7 Å². The number of halogens is 1. The van der Waals surface area contributed by atoms with Gasteiger partial charge in [-0.15, -0.1) is 0 Å². The van der Waals surface area contributed by atoms with Gasteiger partial charge in [0.2, 0.25) is 0 Å². The van der Waals surface area contributed by atoms with Crippen LogP contribution >= 0.6 is 0 Å². The van der Waals surface area contributed by atoms with E-state index in [9.17, 15) is 24.0 Å². The lowest BCUT2D eigenvalue weighted by Gasteiger charge is -2.46. The Bertz CT molecular complexity index is 1720. The summed E-state index contributed by atoms with van der Waals surface area (Å²) in [7, 11) is 3.10. The number of anilines is 2. The van der Waals surface area contributed by atoms with E-state index >= 15 is 4.39 Å². The number of esters is 1. The topological polar surface area (TPSA) is 160 Å². The maximum Gasteiger partial charge on any atom is 0.415 e. The van der Waals surface area contributed by atoms with Crippen molar-refractivity contribution in [2.45, 2.75) is 129 Å². The Morgan fingerprint density at radius 3 is 2.25 bits per heavy atom. The maximum atomic E-state index is 15.9. The van der Waals surface area contributed by atoms with Crippen molar-refractivity contribution in [1.29, 1.82) is 0 Å². The number of rotatable bonds is 6. The molecule has 57 heavy (non-hydrogen) atoms. The van der Waals surface area contributed by atoms with Crippen LogP contribution < -0.4 is 9.80 Å². The summed E-state index contributed by atoms with van der Waals surface area (Å²) >= 11 is 0. The molecule has 0 N–H and O–H groups in total. The van der Waals surface area contributed by atoms with Gasteiger partial charge in [-0.25, -0.2) is 14.0 Å². The van der Waals surface area contributed by atoms with Gasteiger partial charge in [0.25, 0.3) is 0 Å². The zero-order valence-corrected chi connectivity index (χ0v) is 34.7. The minimum Gasteiger partial charge on any atom is -0.458 e. The van der Waals surface area contributed by atoms with E-state index in [1.807, 2.05) is 11.8 Å². The molecule has 5 fully saturated rings. The first-order chi connectivity index (χ1) is 26.9. The van der Waals surface area contributed by atoms with Crippen molar-refractivity contribution in [2.75, 3.05) is 50.3 Å². The molecule has 0 spiro atoms. The monoisotopic (exact) mass is 803 g/mol. The molecule has 0 aromatic heterocycles. The fraction of sp³-hybridized carbons (Fsp3) is 0.732. The Morgan fingerprint density at radius 1 is 0.930 bits per heavy atom. The number of amides is 2. The van der Waals surface area contributed by atoms with E-state index in [-0.39, 0.29) is 36.5 Å². The van der Waals surface area contributed by atoms with Crippen LogP contribution in [0.5, 0.6) is 0 Å². The summed E-state index contributed by atoms with van der Waals surface area (Å²) in [5.74, 6) is -6.21. The summed E-state index contributed by atoms with van der Waals surface area (Å²) in [6.45, 7) is 15.3. The molecular formula is C41H58FN3O12. The number of nitrogens with zero attached hydrogens (tertiary/aromatic N) is 3. The number of ether oxygens (including phenoxy) is 7. The Balaban J connectivity index is 1.39. The van der Waals surface area contributed by atoms with Gasteiger partial charge in [0.05, 0.1) is 54.5 Å². The number of cyclic esters (lactones) is 1. The second-order valence-corrected chi connectivity index (χ2v) is 16.8. The van der Waals surface area contributed by atoms with Crippen LogP contribution in [0.4, 0.5) is 25.4 Å². The molecule has 5 heterocycles. The fourth-order valence-corrected chi connectivity index (χ4v) is 9.66. The molecule has 6 rings (SSSR count). The predicted octanol–water partition coefficient (Wildman–Crippen LogP) is 4.90. The van der Waals surface area contributed by atoms with Crippen LogP contribution in [0.15, 0.2) is 18.2 Å². The Hall–Kier alpha value is -3.86. The van der Waals surface area contributed by atoms with Gasteiger partial charge in [-0.05, 0) is 65.2 Å². The first-order valence-corrected chi connectivity index (χ1v) is 20.1. The van der Waals surface area contributed by atoms with Gasteiger partial charge in [-0.2, -0.15) is 0 Å². The van der Waals surface area contributed by atoms with Crippen molar-refractivity contribution in [3.05, 3.63) is 24.0 Å². The molecule has 1 aromatic carbocycles. The SMILES string of the molecule is CC[C@@H]1OC(=O)[C@H](C)C(=O)[C@H](C)[C@@H](O[C@@H]2O[C@H](C)C[C@H]3[C@H]2OC(=O)N3C)[C@](C)(OC)C[C@@H](C)C(=O)[C@@H](C)[C@H]2N(c3ccc(N4CCOCC4)c(F)c3)C(=O)O[C@]12C. The molecule has 13 atom stereocenters. The van der Waals surface area contributed by atoms with Gasteiger partial charge in [-0.1, -0.05) is 27.7 Å². The maximum absolute atomic E-state index is 15.9. The largest absolute Gasteiger partial charge is 0.458 e. The molecular weight excluding hydrogens is 745 g/mol. The minimum absolute atomic E-state index is 0.0438. The van der Waals surface area contributed by atoms with E-state index in [4.69, 9.17) is 33.2 Å². The van der Waals surface area contributed by atoms with Gasteiger partial charge < -0.3 is 43.0 Å². The summed E-state index contributed by atoms with van der Waals surface area (Å²) in [6, 6.07) is 3.05. The van der Waals surface area contributed by atoms with Crippen molar-refractivity contribution < 1.29 is 61.5 Å². The number of benzene rings is 1. The zero-order chi connectivity index (χ0) is 41.7. The molecule has 2 amide bonds. The first kappa shape index (κ1) is 42.7. The number of hydrogen-bond donors (Lipinski definition) is 0. The highest BCUT2D eigenvalue weighted by Gasteiger charge is 2.61. The van der Waals surface area contributed by atoms with Crippen LogP contribution in [0.1, 0.15) is 74.7 Å². The van der Waals surface area contributed by atoms with E-state index in [0.717, 1.165) is 0 Å². The van der Waals surface area contributed by atoms with Gasteiger partial charge in [0.1, 0.15) is 23.6 Å². The molecule has 0 bridgehead atoms. The fourth-order valence-electron chi connectivity index (χ4n) is 9.66. The molecule has 0 saturated carbocycles. The predicted molar refractivity (Wildman–Crippen MR) is 203 cm³/mol. The third-order valence-corrected chi connectivity index (χ3v) is 13.0. The van der Waals surface area contributed by atoms with Gasteiger partial charge in [-0.3, -0.25) is 19.3 Å². The van der Waals surface area contributed by atoms with Crippen LogP contribution in [0.3, 0.4) is 0 Å². The van der Waals surface area contributed by atoms with E-state index in [2.05, 4.69) is 0 Å². The summed E-state index contributed by atoms with van der Waals surface area (Å²) < 4.78 is 58.3.